The van der Waals surface area contributed by atoms with E-state index in [1.807, 2.05) is 18.2 Å². The van der Waals surface area contributed by atoms with E-state index in [1.54, 1.807) is 18.2 Å². The summed E-state index contributed by atoms with van der Waals surface area (Å²) in [5.74, 6) is -1.05. The fourth-order valence-corrected chi connectivity index (χ4v) is 3.57. The normalized spacial score (nSPS) is 11.0. The van der Waals surface area contributed by atoms with Crippen molar-refractivity contribution < 1.29 is 8.78 Å². The molecule has 3 heteroatoms. The number of hydrogen-bond acceptors (Lipinski definition) is 1. The molecule has 0 unspecified atom stereocenters. The highest BCUT2D eigenvalue weighted by Gasteiger charge is 2.12. The van der Waals surface area contributed by atoms with Gasteiger partial charge in [0, 0.05) is 5.56 Å². The Morgan fingerprint density at radius 3 is 2.30 bits per heavy atom. The quantitative estimate of drug-likeness (QED) is 0.372. The van der Waals surface area contributed by atoms with E-state index in [1.165, 1.54) is 23.8 Å². The fraction of sp³-hybridized carbons (Fsp3) is 0.125. The summed E-state index contributed by atoms with van der Waals surface area (Å²) >= 11 is 0. The van der Waals surface area contributed by atoms with Gasteiger partial charge in [0.05, 0.1) is 5.56 Å². The number of benzene rings is 4. The first kappa shape index (κ1) is 17.2. The molecule has 0 radical (unpaired) electrons. The molecule has 1 nitrogen and oxygen atoms in total. The highest BCUT2D eigenvalue weighted by Crippen LogP contribution is 2.33. The van der Waals surface area contributed by atoms with Crippen LogP contribution in [-0.4, -0.2) is 0 Å². The van der Waals surface area contributed by atoms with E-state index in [9.17, 15) is 8.78 Å². The van der Waals surface area contributed by atoms with E-state index in [0.717, 1.165) is 34.4 Å². The second-order valence-corrected chi connectivity index (χ2v) is 6.73. The van der Waals surface area contributed by atoms with Gasteiger partial charge in [-0.1, -0.05) is 49.7 Å². The zero-order valence-electron chi connectivity index (χ0n) is 14.9. The molecule has 0 aromatic heterocycles. The zero-order chi connectivity index (χ0) is 19.0. The first-order chi connectivity index (χ1) is 13.1. The van der Waals surface area contributed by atoms with E-state index in [0.29, 0.717) is 11.1 Å². The number of fused-ring (bicyclic) bond motifs is 3. The monoisotopic (exact) mass is 357 g/mol. The molecule has 0 saturated carbocycles. The molecule has 132 valence electrons. The predicted molar refractivity (Wildman–Crippen MR) is 106 cm³/mol. The second-order valence-electron chi connectivity index (χ2n) is 6.73. The van der Waals surface area contributed by atoms with E-state index < -0.39 is 11.6 Å². The highest BCUT2D eigenvalue weighted by atomic mass is 19.1. The van der Waals surface area contributed by atoms with Crippen molar-refractivity contribution in [3.63, 3.8) is 0 Å². The Bertz CT molecular complexity index is 1220. The number of aryl methyl sites for hydroxylation is 1. The Labute approximate surface area is 156 Å². The van der Waals surface area contributed by atoms with Gasteiger partial charge in [-0.2, -0.15) is 5.26 Å². The van der Waals surface area contributed by atoms with Crippen molar-refractivity contribution in [1.82, 2.24) is 0 Å². The molecule has 0 fully saturated rings. The van der Waals surface area contributed by atoms with Crippen LogP contribution in [0, 0.1) is 23.0 Å². The van der Waals surface area contributed by atoms with Crippen molar-refractivity contribution in [1.29, 1.82) is 5.26 Å². The lowest BCUT2D eigenvalue weighted by Crippen LogP contribution is -1.90. The Hall–Kier alpha value is -3.25. The maximum absolute atomic E-state index is 14.9. The smallest absolute Gasteiger partial charge is 0.141 e. The zero-order valence-corrected chi connectivity index (χ0v) is 14.9. The first-order valence-electron chi connectivity index (χ1n) is 8.95. The average molecular weight is 357 g/mol. The molecule has 4 aromatic carbocycles. The van der Waals surface area contributed by atoms with E-state index in [2.05, 4.69) is 19.1 Å². The standard InChI is InChI=1S/C24H17F2N/c1-2-3-15-4-9-20-16(10-15)5-6-17-11-22(24(26)13-21(17)20)18-7-8-19(14-27)23(25)12-18/h4-13H,2-3H2,1H3. The minimum atomic E-state index is -0.642. The topological polar surface area (TPSA) is 23.8 Å². The molecule has 0 N–H and O–H groups in total. The van der Waals surface area contributed by atoms with Crippen LogP contribution in [0.25, 0.3) is 32.7 Å². The van der Waals surface area contributed by atoms with Crippen molar-refractivity contribution in [2.24, 2.45) is 0 Å². The van der Waals surface area contributed by atoms with Gasteiger partial charge in [-0.15, -0.1) is 0 Å². The van der Waals surface area contributed by atoms with Crippen molar-refractivity contribution in [3.8, 4) is 17.2 Å². The number of halogens is 2. The minimum absolute atomic E-state index is 0.0474. The molecule has 0 spiro atoms. The fourth-order valence-electron chi connectivity index (χ4n) is 3.57. The summed E-state index contributed by atoms with van der Waals surface area (Å²) in [4.78, 5) is 0. The summed E-state index contributed by atoms with van der Waals surface area (Å²) < 4.78 is 28.8. The lowest BCUT2D eigenvalue weighted by Gasteiger charge is -2.10. The third-order valence-electron chi connectivity index (χ3n) is 4.93. The molecule has 0 saturated heterocycles. The van der Waals surface area contributed by atoms with Gasteiger partial charge in [0.25, 0.3) is 0 Å². The summed E-state index contributed by atoms with van der Waals surface area (Å²) in [5, 5.41) is 12.7. The second kappa shape index (κ2) is 6.81. The summed E-state index contributed by atoms with van der Waals surface area (Å²) in [6, 6.07) is 19.5. The summed E-state index contributed by atoms with van der Waals surface area (Å²) in [7, 11) is 0. The van der Waals surface area contributed by atoms with Gasteiger partial charge in [-0.25, -0.2) is 8.78 Å². The Morgan fingerprint density at radius 2 is 1.59 bits per heavy atom. The van der Waals surface area contributed by atoms with Crippen LogP contribution < -0.4 is 0 Å². The molecular formula is C24H17F2N. The maximum Gasteiger partial charge on any atom is 0.141 e. The molecule has 4 rings (SSSR count). The third kappa shape index (κ3) is 3.04. The molecule has 0 aliphatic rings. The average Bonchev–Trinajstić information content (AvgIpc) is 2.67. The molecule has 27 heavy (non-hydrogen) atoms. The largest absolute Gasteiger partial charge is 0.206 e. The molecule has 0 heterocycles. The van der Waals surface area contributed by atoms with Gasteiger partial charge in [0.2, 0.25) is 0 Å². The van der Waals surface area contributed by atoms with Crippen LogP contribution in [0.15, 0.2) is 60.7 Å². The summed E-state index contributed by atoms with van der Waals surface area (Å²) in [5.41, 5.74) is 1.97. The maximum atomic E-state index is 14.9. The van der Waals surface area contributed by atoms with Crippen molar-refractivity contribution in [2.45, 2.75) is 19.8 Å². The highest BCUT2D eigenvalue weighted by molar-refractivity contribution is 6.08. The van der Waals surface area contributed by atoms with E-state index >= 15 is 0 Å². The van der Waals surface area contributed by atoms with E-state index in [-0.39, 0.29) is 5.56 Å². The number of rotatable bonds is 3. The van der Waals surface area contributed by atoms with Crippen LogP contribution in [0.3, 0.4) is 0 Å². The van der Waals surface area contributed by atoms with Crippen LogP contribution in [0.2, 0.25) is 0 Å². The van der Waals surface area contributed by atoms with Gasteiger partial charge in [-0.3, -0.25) is 0 Å². The van der Waals surface area contributed by atoms with Crippen molar-refractivity contribution in [2.75, 3.05) is 0 Å². The molecule has 4 aromatic rings. The van der Waals surface area contributed by atoms with Crippen LogP contribution in [0.1, 0.15) is 24.5 Å². The Balaban J connectivity index is 1.89. The van der Waals surface area contributed by atoms with Crippen LogP contribution in [0.4, 0.5) is 8.78 Å². The van der Waals surface area contributed by atoms with Gasteiger partial charge < -0.3 is 0 Å². The lowest BCUT2D eigenvalue weighted by molar-refractivity contribution is 0.622. The minimum Gasteiger partial charge on any atom is -0.206 e. The van der Waals surface area contributed by atoms with Gasteiger partial charge in [0.15, 0.2) is 0 Å². The third-order valence-corrected chi connectivity index (χ3v) is 4.93. The molecule has 0 bridgehead atoms. The number of nitrogens with zero attached hydrogens (tertiary/aromatic N) is 1. The van der Waals surface area contributed by atoms with Crippen LogP contribution in [0.5, 0.6) is 0 Å². The molecule has 0 amide bonds. The predicted octanol–water partition coefficient (Wildman–Crippen LogP) is 6.76. The first-order valence-corrected chi connectivity index (χ1v) is 8.95. The van der Waals surface area contributed by atoms with Gasteiger partial charge in [0.1, 0.15) is 17.7 Å². The molecule has 0 atom stereocenters. The summed E-state index contributed by atoms with van der Waals surface area (Å²) in [6.45, 7) is 2.15. The number of hydrogen-bond donors (Lipinski definition) is 0. The van der Waals surface area contributed by atoms with Crippen LogP contribution >= 0.6 is 0 Å². The Kier molecular flexibility index (Phi) is 4.33. The van der Waals surface area contributed by atoms with Crippen molar-refractivity contribution in [3.05, 3.63) is 83.4 Å². The molecule has 0 aliphatic carbocycles. The van der Waals surface area contributed by atoms with E-state index in [4.69, 9.17) is 5.26 Å². The lowest BCUT2D eigenvalue weighted by atomic mass is 9.95. The number of nitriles is 1. The van der Waals surface area contributed by atoms with Gasteiger partial charge in [-0.05, 0) is 63.4 Å². The van der Waals surface area contributed by atoms with Gasteiger partial charge >= 0.3 is 0 Å². The Morgan fingerprint density at radius 1 is 0.815 bits per heavy atom. The van der Waals surface area contributed by atoms with Crippen molar-refractivity contribution >= 4 is 21.5 Å². The van der Waals surface area contributed by atoms with Crippen LogP contribution in [-0.2, 0) is 6.42 Å². The molecular weight excluding hydrogens is 340 g/mol. The molecule has 0 aliphatic heterocycles. The SMILES string of the molecule is CCCc1ccc2c(ccc3cc(-c4ccc(C#N)c(F)c4)c(F)cc32)c1. The summed E-state index contributed by atoms with van der Waals surface area (Å²) in [6.07, 6.45) is 2.10.